The summed E-state index contributed by atoms with van der Waals surface area (Å²) in [6.45, 7) is 13.3. The summed E-state index contributed by atoms with van der Waals surface area (Å²) in [5.74, 6) is 0.475. The molecule has 0 amide bonds. The molecule has 15 nitrogen and oxygen atoms in total. The number of hydrogen-bond donors (Lipinski definition) is 3. The summed E-state index contributed by atoms with van der Waals surface area (Å²) >= 11 is 0. The Kier molecular flexibility index (Phi) is 23.6. The first kappa shape index (κ1) is 57.3. The average molecular weight is 1010 g/mol. The first-order valence-corrected chi connectivity index (χ1v) is 29.4. The predicted octanol–water partition coefficient (Wildman–Crippen LogP) is 13.6. The number of anilines is 1. The van der Waals surface area contributed by atoms with Crippen molar-refractivity contribution < 1.29 is 44.4 Å². The third kappa shape index (κ3) is 18.1. The van der Waals surface area contributed by atoms with Crippen LogP contribution in [0.25, 0.3) is 10.8 Å². The van der Waals surface area contributed by atoms with Gasteiger partial charge in [-0.3, -0.25) is 4.55 Å². The van der Waals surface area contributed by atoms with Gasteiger partial charge in [-0.15, -0.1) is 10.2 Å². The zero-order valence-corrected chi connectivity index (χ0v) is 43.7. The maximum absolute atomic E-state index is 13.1. The van der Waals surface area contributed by atoms with E-state index in [1.54, 1.807) is 6.92 Å². The highest BCUT2D eigenvalue weighted by atomic mass is 32.2. The Morgan fingerprint density at radius 2 is 1.01 bits per heavy atom. The molecule has 0 saturated heterocycles. The molecule has 4 aromatic rings. The lowest BCUT2D eigenvalue weighted by Gasteiger charge is -2.14. The number of phenolic OH excluding ortho intramolecular Hbond substituents is 1. The van der Waals surface area contributed by atoms with Gasteiger partial charge in [-0.05, 0) is 129 Å². The Labute approximate surface area is 411 Å². The molecule has 0 spiro atoms. The minimum absolute atomic E-state index is 0.0217. The van der Waals surface area contributed by atoms with E-state index in [2.05, 4.69) is 48.2 Å². The van der Waals surface area contributed by atoms with Gasteiger partial charge < -0.3 is 20.3 Å². The highest BCUT2D eigenvalue weighted by Gasteiger charge is 2.25. The van der Waals surface area contributed by atoms with E-state index in [-0.39, 0.29) is 49.1 Å². The van der Waals surface area contributed by atoms with Crippen LogP contribution in [0.2, 0.25) is 0 Å². The minimum Gasteiger partial charge on any atom is -0.505 e. The van der Waals surface area contributed by atoms with Crippen molar-refractivity contribution in [2.24, 2.45) is 32.3 Å². The van der Waals surface area contributed by atoms with E-state index >= 15 is 0 Å². The van der Waals surface area contributed by atoms with Crippen molar-refractivity contribution in [2.45, 2.75) is 152 Å². The molecule has 0 aliphatic carbocycles. The molecule has 0 aromatic heterocycles. The Balaban J connectivity index is 1.38. The summed E-state index contributed by atoms with van der Waals surface area (Å²) in [7, 11) is -12.1. The van der Waals surface area contributed by atoms with Gasteiger partial charge in [-0.25, -0.2) is 16.8 Å². The molecule has 0 fully saturated rings. The summed E-state index contributed by atoms with van der Waals surface area (Å²) in [6, 6.07) is 14.2. The fourth-order valence-electron chi connectivity index (χ4n) is 8.00. The molecule has 4 N–H and O–H groups in total. The van der Waals surface area contributed by atoms with Gasteiger partial charge in [0.25, 0.3) is 10.1 Å². The van der Waals surface area contributed by atoms with Crippen molar-refractivity contribution in [1.29, 1.82) is 0 Å². The molecule has 69 heavy (non-hydrogen) atoms. The Morgan fingerprint density at radius 3 is 1.43 bits per heavy atom. The summed E-state index contributed by atoms with van der Waals surface area (Å²) in [6.07, 6.45) is 15.5. The largest absolute Gasteiger partial charge is 0.505 e. The third-order valence-electron chi connectivity index (χ3n) is 12.4. The van der Waals surface area contributed by atoms with Crippen molar-refractivity contribution in [1.82, 2.24) is 0 Å². The van der Waals surface area contributed by atoms with Crippen LogP contribution in [-0.2, 0) is 39.3 Å². The Morgan fingerprint density at radius 1 is 0.580 bits per heavy atom. The van der Waals surface area contributed by atoms with E-state index in [1.165, 1.54) is 93.1 Å². The smallest absolute Gasteiger partial charge is 0.296 e. The number of unbranched alkanes of at least 4 members (excludes halogenated alkanes) is 8. The third-order valence-corrected chi connectivity index (χ3v) is 16.9. The average Bonchev–Trinajstić information content (AvgIpc) is 3.31. The van der Waals surface area contributed by atoms with Crippen LogP contribution in [0.1, 0.15) is 136 Å². The van der Waals surface area contributed by atoms with Gasteiger partial charge in [0.05, 0.1) is 43.7 Å². The van der Waals surface area contributed by atoms with E-state index < -0.39 is 46.1 Å². The van der Waals surface area contributed by atoms with Crippen LogP contribution in [0.3, 0.4) is 0 Å². The first-order chi connectivity index (χ1) is 32.9. The summed E-state index contributed by atoms with van der Waals surface area (Å²) in [5, 5.41) is 28.2. The number of aryl methyl sites for hydroxylation is 1. The summed E-state index contributed by atoms with van der Waals surface area (Å²) in [5.41, 5.74) is 6.95. The molecule has 0 aliphatic heterocycles. The number of aromatic hydroxyl groups is 1. The summed E-state index contributed by atoms with van der Waals surface area (Å²) < 4.78 is 99.3. The number of phenols is 1. The molecule has 4 rings (SSSR count). The highest BCUT2D eigenvalue weighted by Crippen LogP contribution is 2.47. The van der Waals surface area contributed by atoms with Gasteiger partial charge in [-0.2, -0.15) is 18.6 Å². The molecule has 2 atom stereocenters. The van der Waals surface area contributed by atoms with Crippen molar-refractivity contribution in [3.8, 4) is 5.75 Å². The maximum Gasteiger partial charge on any atom is 0.296 e. The molecule has 0 heterocycles. The number of benzene rings is 4. The van der Waals surface area contributed by atoms with Gasteiger partial charge in [-0.1, -0.05) is 91.9 Å². The van der Waals surface area contributed by atoms with Crippen molar-refractivity contribution in [2.75, 3.05) is 43.7 Å². The van der Waals surface area contributed by atoms with Gasteiger partial charge in [0.15, 0.2) is 25.4 Å². The number of hydrogen-bond acceptors (Lipinski definition) is 14. The fraction of sp³-hybridized carbons (Fsp3) is 0.569. The topological polar surface area (TPSA) is 237 Å². The second-order valence-electron chi connectivity index (χ2n) is 17.9. The van der Waals surface area contributed by atoms with E-state index in [0.29, 0.717) is 49.1 Å². The quantitative estimate of drug-likeness (QED) is 0.0176. The van der Waals surface area contributed by atoms with E-state index in [4.69, 9.17) is 15.2 Å². The second kappa shape index (κ2) is 28.5. The van der Waals surface area contributed by atoms with Gasteiger partial charge in [0, 0.05) is 26.4 Å². The zero-order chi connectivity index (χ0) is 50.5. The lowest BCUT2D eigenvalue weighted by molar-refractivity contribution is 0.0908. The Hall–Kier alpha value is -4.33. The van der Waals surface area contributed by atoms with Crippen molar-refractivity contribution in [3.05, 3.63) is 66.2 Å². The Bertz CT molecular complexity index is 2620. The maximum atomic E-state index is 13.1. The van der Waals surface area contributed by atoms with Crippen LogP contribution in [0.15, 0.2) is 95.8 Å². The fourth-order valence-corrected chi connectivity index (χ4v) is 11.4. The lowest BCUT2D eigenvalue weighted by Crippen LogP contribution is -2.10. The number of nitrogens with two attached hydrogens (primary N) is 1. The van der Waals surface area contributed by atoms with E-state index in [0.717, 1.165) is 70.6 Å². The number of nitrogens with zero attached hydrogens (tertiary/aromatic N) is 4. The number of rotatable bonds is 33. The first-order valence-electron chi connectivity index (χ1n) is 24.7. The number of sulfone groups is 2. The second-order valence-corrected chi connectivity index (χ2v) is 23.5. The van der Waals surface area contributed by atoms with Gasteiger partial charge in [0.2, 0.25) is 0 Å². The minimum atomic E-state index is -4.95. The van der Waals surface area contributed by atoms with Crippen molar-refractivity contribution in [3.63, 3.8) is 0 Å². The molecular weight excluding hydrogens is 939 g/mol. The van der Waals surface area contributed by atoms with Crippen LogP contribution >= 0.6 is 0 Å². The molecule has 18 heteroatoms. The van der Waals surface area contributed by atoms with E-state index in [9.17, 15) is 34.9 Å². The molecule has 4 aromatic carbocycles. The highest BCUT2D eigenvalue weighted by molar-refractivity contribution is 7.91. The standard InChI is InChI=1S/C51H75N5O10S3/c1-6-10-20-39(8-3)36-65-30-16-12-14-18-32-67(58,59)44-26-22-42(23-27-44)53-55-49-38(5)34-41-35-46(69(62,63)64)50(51(57)47(41)48(49)52)56-54-43-24-28-45(29-25-43)68(60,61)33-19-15-13-17-31-66-37-40(9-4)21-11-7-2/h22-29,34-35,39-40,57H,6-21,30-33,36-37,52H2,1-5H3,(H,62,63,64). The van der Waals surface area contributed by atoms with E-state index in [1.807, 2.05) is 0 Å². The number of fused-ring (bicyclic) bond motifs is 1. The lowest BCUT2D eigenvalue weighted by atomic mass is 10.0. The molecule has 0 radical (unpaired) electrons. The van der Waals surface area contributed by atoms with Crippen LogP contribution in [-0.4, -0.2) is 72.8 Å². The normalized spacial score (nSPS) is 13.5. The number of ether oxygens (including phenoxy) is 2. The van der Waals surface area contributed by atoms with Crippen LogP contribution < -0.4 is 5.73 Å². The van der Waals surface area contributed by atoms with Gasteiger partial charge in [0.1, 0.15) is 16.3 Å². The summed E-state index contributed by atoms with van der Waals surface area (Å²) in [4.78, 5) is -0.468. The van der Waals surface area contributed by atoms with Crippen LogP contribution in [0, 0.1) is 18.8 Å². The molecule has 382 valence electrons. The van der Waals surface area contributed by atoms with Crippen LogP contribution in [0.5, 0.6) is 5.75 Å². The number of nitrogen functional groups attached to an aromatic ring is 1. The predicted molar refractivity (Wildman–Crippen MR) is 275 cm³/mol. The van der Waals surface area contributed by atoms with Gasteiger partial charge >= 0.3 is 0 Å². The van der Waals surface area contributed by atoms with Crippen LogP contribution in [0.4, 0.5) is 28.4 Å². The molecule has 0 saturated carbocycles. The molecule has 2 unspecified atom stereocenters. The zero-order valence-electron chi connectivity index (χ0n) is 41.2. The molecule has 0 bridgehead atoms. The SMILES string of the molecule is CCCCC(CC)COCCCCCCS(=O)(=O)c1ccc(N=Nc2c(C)cc3cc(S(=O)(=O)O)c(N=Nc4ccc(S(=O)(=O)CCCCCCOCC(CC)CCCC)cc4)c(O)c3c2N)cc1. The molecular formula is C51H75N5O10S3. The molecule has 0 aliphatic rings. The number of azo groups is 2. The van der Waals surface area contributed by atoms with Crippen molar-refractivity contribution >= 4 is 69.0 Å². The monoisotopic (exact) mass is 1010 g/mol.